The fraction of sp³-hybridized carbons (Fsp3) is 0.333. The summed E-state index contributed by atoms with van der Waals surface area (Å²) in [4.78, 5) is 28.7. The maximum absolute atomic E-state index is 13.7. The maximum Gasteiger partial charge on any atom is 0.290 e. The van der Waals surface area contributed by atoms with Crippen LogP contribution >= 0.6 is 15.9 Å². The van der Waals surface area contributed by atoms with Crippen molar-refractivity contribution in [2.45, 2.75) is 57.7 Å². The molecule has 1 saturated carbocycles. The van der Waals surface area contributed by atoms with Gasteiger partial charge in [-0.15, -0.1) is 0 Å². The smallest absolute Gasteiger partial charge is 0.290 e. The molecule has 5 rings (SSSR count). The molecule has 1 aliphatic heterocycles. The summed E-state index contributed by atoms with van der Waals surface area (Å²) in [5, 5.41) is 11.7. The molecule has 0 saturated heterocycles. The Morgan fingerprint density at radius 1 is 1.15 bits per heavy atom. The van der Waals surface area contributed by atoms with Crippen LogP contribution in [0.5, 0.6) is 5.75 Å². The lowest BCUT2D eigenvalue weighted by Crippen LogP contribution is -2.38. The molecule has 1 unspecified atom stereocenters. The summed E-state index contributed by atoms with van der Waals surface area (Å²) in [5.41, 5.74) is 1.34. The molecule has 2 heterocycles. The van der Waals surface area contributed by atoms with Crippen molar-refractivity contribution in [3.05, 3.63) is 75.7 Å². The molecule has 0 spiro atoms. The van der Waals surface area contributed by atoms with Gasteiger partial charge in [0.25, 0.3) is 5.91 Å². The lowest BCUT2D eigenvalue weighted by Gasteiger charge is -2.32. The van der Waals surface area contributed by atoms with Crippen molar-refractivity contribution in [1.29, 1.82) is 0 Å². The lowest BCUT2D eigenvalue weighted by molar-refractivity contribution is -0.131. The average Bonchev–Trinajstić information content (AvgIpc) is 3.52. The van der Waals surface area contributed by atoms with E-state index in [1.807, 2.05) is 50.2 Å². The van der Waals surface area contributed by atoms with Crippen LogP contribution in [0.2, 0.25) is 0 Å². The van der Waals surface area contributed by atoms with E-state index in [-0.39, 0.29) is 23.5 Å². The van der Waals surface area contributed by atoms with Gasteiger partial charge in [-0.05, 0) is 68.7 Å². The van der Waals surface area contributed by atoms with Crippen molar-refractivity contribution >= 4 is 38.6 Å². The van der Waals surface area contributed by atoms with Crippen LogP contribution < -0.4 is 4.74 Å². The molecule has 34 heavy (non-hydrogen) atoms. The Kier molecular flexibility index (Phi) is 5.98. The van der Waals surface area contributed by atoms with Crippen LogP contribution in [0.3, 0.4) is 0 Å². The number of carbonyl (C=O) groups is 2. The predicted octanol–water partition coefficient (Wildman–Crippen LogP) is 6.50. The van der Waals surface area contributed by atoms with E-state index in [4.69, 9.17) is 9.15 Å². The summed E-state index contributed by atoms with van der Waals surface area (Å²) >= 11 is 3.43. The zero-order valence-electron chi connectivity index (χ0n) is 19.1. The minimum Gasteiger partial charge on any atom is -0.503 e. The third-order valence-electron chi connectivity index (χ3n) is 6.45. The number of benzene rings is 2. The van der Waals surface area contributed by atoms with E-state index in [0.717, 1.165) is 41.1 Å². The van der Waals surface area contributed by atoms with E-state index in [1.54, 1.807) is 17.0 Å². The first-order chi connectivity index (χ1) is 16.3. The molecule has 1 atom stereocenters. The molecule has 0 radical (unpaired) electrons. The highest BCUT2D eigenvalue weighted by Crippen LogP contribution is 2.44. The number of halogens is 1. The van der Waals surface area contributed by atoms with Gasteiger partial charge in [-0.2, -0.15) is 0 Å². The minimum atomic E-state index is -0.709. The number of nitrogens with zero attached hydrogens (tertiary/aromatic N) is 1. The van der Waals surface area contributed by atoms with Gasteiger partial charge in [-0.25, -0.2) is 0 Å². The first-order valence-corrected chi connectivity index (χ1v) is 12.4. The molecule has 1 aromatic heterocycles. The van der Waals surface area contributed by atoms with Gasteiger partial charge in [0.15, 0.2) is 11.5 Å². The summed E-state index contributed by atoms with van der Waals surface area (Å²) in [6.45, 7) is 3.88. The number of ether oxygens (including phenoxy) is 1. The van der Waals surface area contributed by atoms with Crippen molar-refractivity contribution in [3.8, 4) is 5.75 Å². The van der Waals surface area contributed by atoms with Gasteiger partial charge in [0.1, 0.15) is 11.3 Å². The second kappa shape index (κ2) is 8.95. The average molecular weight is 524 g/mol. The van der Waals surface area contributed by atoms with E-state index in [2.05, 4.69) is 15.9 Å². The Labute approximate surface area is 206 Å². The third kappa shape index (κ3) is 4.02. The Balaban J connectivity index is 1.60. The topological polar surface area (TPSA) is 80.0 Å². The number of aliphatic hydroxyl groups is 1. The molecule has 3 aromatic rings. The number of aliphatic hydroxyl groups excluding tert-OH is 1. The highest BCUT2D eigenvalue weighted by Gasteiger charge is 2.47. The monoisotopic (exact) mass is 523 g/mol. The van der Waals surface area contributed by atoms with Gasteiger partial charge in [-0.1, -0.05) is 40.9 Å². The zero-order valence-corrected chi connectivity index (χ0v) is 20.7. The number of furan rings is 1. The molecule has 176 valence electrons. The number of rotatable bonds is 6. The number of hydrogen-bond acceptors (Lipinski definition) is 5. The Bertz CT molecular complexity index is 1300. The van der Waals surface area contributed by atoms with Crippen LogP contribution in [0.15, 0.2) is 68.8 Å². The number of Topliss-reactive ketones (excluding diaryl/α,β-unsaturated/α-hetero) is 1. The predicted molar refractivity (Wildman–Crippen MR) is 132 cm³/mol. The molecular weight excluding hydrogens is 498 g/mol. The van der Waals surface area contributed by atoms with E-state index in [1.165, 1.54) is 0 Å². The van der Waals surface area contributed by atoms with Gasteiger partial charge in [0, 0.05) is 15.9 Å². The van der Waals surface area contributed by atoms with Crippen molar-refractivity contribution in [3.63, 3.8) is 0 Å². The van der Waals surface area contributed by atoms with Crippen molar-refractivity contribution in [2.24, 2.45) is 0 Å². The number of ketones is 1. The summed E-state index contributed by atoms with van der Waals surface area (Å²) in [7, 11) is 0. The fourth-order valence-corrected chi connectivity index (χ4v) is 5.41. The second-order valence-corrected chi connectivity index (χ2v) is 10.1. The maximum atomic E-state index is 13.7. The van der Waals surface area contributed by atoms with E-state index in [9.17, 15) is 14.7 Å². The zero-order chi connectivity index (χ0) is 24.0. The van der Waals surface area contributed by atoms with Crippen LogP contribution in [0.4, 0.5) is 0 Å². The lowest BCUT2D eigenvalue weighted by atomic mass is 9.94. The van der Waals surface area contributed by atoms with E-state index < -0.39 is 23.5 Å². The quantitative estimate of drug-likeness (QED) is 0.372. The highest BCUT2D eigenvalue weighted by atomic mass is 79.9. The molecule has 2 aromatic carbocycles. The first kappa shape index (κ1) is 22.7. The normalized spacial score (nSPS) is 19.1. The van der Waals surface area contributed by atoms with Crippen LogP contribution in [0, 0.1) is 0 Å². The Hall–Kier alpha value is -3.06. The van der Waals surface area contributed by atoms with Gasteiger partial charge in [0.2, 0.25) is 5.78 Å². The molecule has 7 heteroatoms. The van der Waals surface area contributed by atoms with Gasteiger partial charge in [-0.3, -0.25) is 9.59 Å². The van der Waals surface area contributed by atoms with E-state index >= 15 is 0 Å². The number of fused-ring (bicyclic) bond motifs is 1. The number of carbonyl (C=O) groups excluding carboxylic acids is 2. The minimum absolute atomic E-state index is 0.0219. The van der Waals surface area contributed by atoms with Gasteiger partial charge < -0.3 is 19.2 Å². The fourth-order valence-electron chi connectivity index (χ4n) is 5.03. The summed E-state index contributed by atoms with van der Waals surface area (Å²) in [6.07, 6.45) is 3.70. The summed E-state index contributed by atoms with van der Waals surface area (Å²) < 4.78 is 12.6. The number of amides is 1. The molecule has 1 fully saturated rings. The molecule has 0 bridgehead atoms. The highest BCUT2D eigenvalue weighted by molar-refractivity contribution is 9.10. The standard InChI is InChI=1S/C27H26BrNO5/c1-15(2)33-20-9-5-6-16(13-20)24-23(26(31)27(32)29(24)19-7-3-4-8-19)25(30)22-14-17-12-18(28)10-11-21(17)34-22/h5-6,9-15,19,24,31H,3-4,7-8H2,1-2H3. The molecular formula is C27H26BrNO5. The summed E-state index contributed by atoms with van der Waals surface area (Å²) in [6, 6.07) is 13.8. The van der Waals surface area contributed by atoms with Crippen LogP contribution in [0.1, 0.15) is 61.7 Å². The second-order valence-electron chi connectivity index (χ2n) is 9.18. The number of hydrogen-bond donors (Lipinski definition) is 1. The van der Waals surface area contributed by atoms with Crippen molar-refractivity contribution in [1.82, 2.24) is 4.90 Å². The SMILES string of the molecule is CC(C)Oc1cccc(C2C(C(=O)c3cc4cc(Br)ccc4o3)=C(O)C(=O)N2C2CCCC2)c1. The molecule has 1 aliphatic carbocycles. The van der Waals surface area contributed by atoms with Crippen LogP contribution in [-0.4, -0.2) is 33.8 Å². The van der Waals surface area contributed by atoms with Gasteiger partial charge in [0.05, 0.1) is 17.7 Å². The Morgan fingerprint density at radius 3 is 2.65 bits per heavy atom. The largest absolute Gasteiger partial charge is 0.503 e. The van der Waals surface area contributed by atoms with Crippen molar-refractivity contribution in [2.75, 3.05) is 0 Å². The van der Waals surface area contributed by atoms with Crippen LogP contribution in [0.25, 0.3) is 11.0 Å². The molecule has 1 amide bonds. The first-order valence-electron chi connectivity index (χ1n) is 11.6. The molecule has 6 nitrogen and oxygen atoms in total. The van der Waals surface area contributed by atoms with Crippen molar-refractivity contribution < 1.29 is 23.8 Å². The van der Waals surface area contributed by atoms with E-state index in [0.29, 0.717) is 11.3 Å². The molecule has 1 N–H and O–H groups in total. The Morgan fingerprint density at radius 2 is 1.91 bits per heavy atom. The molecule has 2 aliphatic rings. The van der Waals surface area contributed by atoms with Crippen LogP contribution in [-0.2, 0) is 4.79 Å². The summed E-state index contributed by atoms with van der Waals surface area (Å²) in [5.74, 6) is -0.750. The third-order valence-corrected chi connectivity index (χ3v) is 6.95. The van der Waals surface area contributed by atoms with Gasteiger partial charge >= 0.3 is 0 Å².